The van der Waals surface area contributed by atoms with Gasteiger partial charge < -0.3 is 14.8 Å². The van der Waals surface area contributed by atoms with E-state index >= 15 is 0 Å². The number of methoxy groups -OCH3 is 2. The largest absolute Gasteiger partial charge is 0.497 e. The topological polar surface area (TPSA) is 91.2 Å². The van der Waals surface area contributed by atoms with Crippen LogP contribution in [0.3, 0.4) is 0 Å². The number of tetrazole rings is 1. The molecule has 0 spiro atoms. The Morgan fingerprint density at radius 1 is 1.07 bits per heavy atom. The zero-order valence-corrected chi connectivity index (χ0v) is 17.9. The minimum atomic E-state index is -0.283. The number of benzene rings is 2. The van der Waals surface area contributed by atoms with Gasteiger partial charge in [-0.15, -0.1) is 10.2 Å². The molecular weight excluding hydrogens is 382 g/mol. The third kappa shape index (κ3) is 4.94. The minimum absolute atomic E-state index is 0.0340. The summed E-state index contributed by atoms with van der Waals surface area (Å²) in [5.41, 5.74) is 2.93. The van der Waals surface area contributed by atoms with Gasteiger partial charge in [0.2, 0.25) is 11.7 Å². The molecular formula is C22H27N5O3. The Balaban J connectivity index is 1.66. The Labute approximate surface area is 176 Å². The molecule has 8 nitrogen and oxygen atoms in total. The second-order valence-electron chi connectivity index (χ2n) is 7.32. The molecule has 158 valence electrons. The molecule has 1 amide bonds. The highest BCUT2D eigenvalue weighted by molar-refractivity contribution is 5.76. The van der Waals surface area contributed by atoms with Gasteiger partial charge in [-0.05, 0) is 41.8 Å². The van der Waals surface area contributed by atoms with Crippen LogP contribution in [0, 0.1) is 0 Å². The average Bonchev–Trinajstić information content (AvgIpc) is 3.21. The monoisotopic (exact) mass is 409 g/mol. The fourth-order valence-electron chi connectivity index (χ4n) is 3.11. The van der Waals surface area contributed by atoms with Crippen molar-refractivity contribution in [2.45, 2.75) is 39.3 Å². The van der Waals surface area contributed by atoms with Gasteiger partial charge in [-0.3, -0.25) is 4.79 Å². The number of aromatic nitrogens is 4. The first-order chi connectivity index (χ1) is 14.4. The second-order valence-corrected chi connectivity index (χ2v) is 7.32. The molecule has 0 aliphatic carbocycles. The van der Waals surface area contributed by atoms with E-state index in [9.17, 15) is 4.79 Å². The van der Waals surface area contributed by atoms with Crippen molar-refractivity contribution in [3.05, 3.63) is 53.6 Å². The number of hydrogen-bond acceptors (Lipinski definition) is 6. The van der Waals surface area contributed by atoms with Crippen LogP contribution in [0.25, 0.3) is 11.4 Å². The first kappa shape index (κ1) is 21.3. The highest BCUT2D eigenvalue weighted by Gasteiger charge is 2.17. The first-order valence-corrected chi connectivity index (χ1v) is 9.80. The second kappa shape index (κ2) is 9.39. The normalized spacial score (nSPS) is 11.9. The molecule has 0 saturated carbocycles. The van der Waals surface area contributed by atoms with Crippen LogP contribution in [0.2, 0.25) is 0 Å². The summed E-state index contributed by atoms with van der Waals surface area (Å²) in [5.74, 6) is 2.08. The van der Waals surface area contributed by atoms with Crippen molar-refractivity contribution < 1.29 is 14.3 Å². The lowest BCUT2D eigenvalue weighted by molar-refractivity contribution is -0.122. The Bertz CT molecular complexity index is 998. The van der Waals surface area contributed by atoms with Gasteiger partial charge in [0.25, 0.3) is 0 Å². The van der Waals surface area contributed by atoms with E-state index < -0.39 is 0 Å². The third-order valence-corrected chi connectivity index (χ3v) is 4.85. The smallest absolute Gasteiger partial charge is 0.244 e. The molecule has 8 heteroatoms. The van der Waals surface area contributed by atoms with Crippen LogP contribution in [-0.2, 0) is 11.3 Å². The van der Waals surface area contributed by atoms with Gasteiger partial charge in [0, 0.05) is 11.1 Å². The van der Waals surface area contributed by atoms with Crippen molar-refractivity contribution in [1.82, 2.24) is 25.5 Å². The summed E-state index contributed by atoms with van der Waals surface area (Å²) in [5, 5.41) is 15.3. The van der Waals surface area contributed by atoms with Gasteiger partial charge in [0.05, 0.1) is 20.3 Å². The molecule has 0 fully saturated rings. The predicted octanol–water partition coefficient (Wildman–Crippen LogP) is 3.36. The number of rotatable bonds is 8. The number of hydrogen-bond donors (Lipinski definition) is 1. The van der Waals surface area contributed by atoms with E-state index in [4.69, 9.17) is 9.47 Å². The summed E-state index contributed by atoms with van der Waals surface area (Å²) >= 11 is 0. The highest BCUT2D eigenvalue weighted by Crippen LogP contribution is 2.29. The van der Waals surface area contributed by atoms with Crippen molar-refractivity contribution in [2.24, 2.45) is 0 Å². The number of ether oxygens (including phenoxy) is 2. The molecule has 2 aromatic carbocycles. The summed E-state index contributed by atoms with van der Waals surface area (Å²) in [7, 11) is 3.19. The molecule has 0 radical (unpaired) electrons. The number of nitrogens with one attached hydrogen (secondary N) is 1. The number of carbonyl (C=O) groups excluding carboxylic acids is 1. The molecule has 0 bridgehead atoms. The van der Waals surface area contributed by atoms with E-state index in [2.05, 4.69) is 46.7 Å². The molecule has 1 heterocycles. The lowest BCUT2D eigenvalue weighted by Crippen LogP contribution is -2.31. The average molecular weight is 409 g/mol. The number of nitrogens with zero attached hydrogens (tertiary/aromatic N) is 4. The maximum Gasteiger partial charge on any atom is 0.244 e. The van der Waals surface area contributed by atoms with Crippen molar-refractivity contribution in [1.29, 1.82) is 0 Å². The van der Waals surface area contributed by atoms with Gasteiger partial charge >= 0.3 is 0 Å². The zero-order chi connectivity index (χ0) is 21.7. The molecule has 1 aromatic heterocycles. The van der Waals surface area contributed by atoms with E-state index in [0.29, 0.717) is 23.2 Å². The molecule has 0 aliphatic rings. The van der Waals surface area contributed by atoms with Crippen LogP contribution >= 0.6 is 0 Å². The molecule has 3 rings (SSSR count). The van der Waals surface area contributed by atoms with E-state index in [1.165, 1.54) is 10.4 Å². The Morgan fingerprint density at radius 2 is 1.80 bits per heavy atom. The summed E-state index contributed by atoms with van der Waals surface area (Å²) in [6, 6.07) is 13.2. The van der Waals surface area contributed by atoms with Crippen LogP contribution in [0.5, 0.6) is 11.5 Å². The van der Waals surface area contributed by atoms with E-state index in [1.54, 1.807) is 14.2 Å². The van der Waals surface area contributed by atoms with Crippen molar-refractivity contribution in [3.8, 4) is 22.9 Å². The molecule has 3 aromatic rings. The van der Waals surface area contributed by atoms with Crippen LogP contribution < -0.4 is 14.8 Å². The molecule has 1 N–H and O–H groups in total. The maximum absolute atomic E-state index is 12.5. The summed E-state index contributed by atoms with van der Waals surface area (Å²) in [6.07, 6.45) is 0. The molecule has 0 unspecified atom stereocenters. The maximum atomic E-state index is 12.5. The fourth-order valence-corrected chi connectivity index (χ4v) is 3.11. The quantitative estimate of drug-likeness (QED) is 0.613. The van der Waals surface area contributed by atoms with Crippen LogP contribution in [0.4, 0.5) is 0 Å². The Morgan fingerprint density at radius 3 is 2.43 bits per heavy atom. The van der Waals surface area contributed by atoms with E-state index in [-0.39, 0.29) is 18.5 Å². The summed E-state index contributed by atoms with van der Waals surface area (Å²) in [6.45, 7) is 6.13. The predicted molar refractivity (Wildman–Crippen MR) is 113 cm³/mol. The van der Waals surface area contributed by atoms with Gasteiger partial charge in [-0.1, -0.05) is 38.1 Å². The number of carbonyl (C=O) groups is 1. The lowest BCUT2D eigenvalue weighted by Gasteiger charge is -2.18. The lowest BCUT2D eigenvalue weighted by atomic mass is 10.0. The first-order valence-electron chi connectivity index (χ1n) is 9.80. The summed E-state index contributed by atoms with van der Waals surface area (Å²) < 4.78 is 10.7. The van der Waals surface area contributed by atoms with Crippen LogP contribution in [0.15, 0.2) is 42.5 Å². The summed E-state index contributed by atoms with van der Waals surface area (Å²) in [4.78, 5) is 13.8. The third-order valence-electron chi connectivity index (χ3n) is 4.85. The van der Waals surface area contributed by atoms with Crippen LogP contribution in [-0.4, -0.2) is 40.3 Å². The van der Waals surface area contributed by atoms with Crippen molar-refractivity contribution in [3.63, 3.8) is 0 Å². The van der Waals surface area contributed by atoms with Crippen molar-refractivity contribution >= 4 is 5.91 Å². The Kier molecular flexibility index (Phi) is 6.66. The van der Waals surface area contributed by atoms with Gasteiger partial charge in [-0.2, -0.15) is 4.80 Å². The highest BCUT2D eigenvalue weighted by atomic mass is 16.5. The SMILES string of the molecule is COc1ccc(OC)c([C@H](C)NC(=O)Cn2nnc(-c3ccc(C(C)C)cc3)n2)c1. The minimum Gasteiger partial charge on any atom is -0.497 e. The van der Waals surface area contributed by atoms with E-state index in [1.807, 2.05) is 37.3 Å². The fraction of sp³-hybridized carbons (Fsp3) is 0.364. The number of amides is 1. The molecule has 0 aliphatic heterocycles. The van der Waals surface area contributed by atoms with Gasteiger partial charge in [0.1, 0.15) is 18.0 Å². The van der Waals surface area contributed by atoms with Crippen molar-refractivity contribution in [2.75, 3.05) is 14.2 Å². The molecule has 1 atom stereocenters. The van der Waals surface area contributed by atoms with Gasteiger partial charge in [-0.25, -0.2) is 0 Å². The van der Waals surface area contributed by atoms with E-state index in [0.717, 1.165) is 11.1 Å². The van der Waals surface area contributed by atoms with Gasteiger partial charge in [0.15, 0.2) is 0 Å². The zero-order valence-electron chi connectivity index (χ0n) is 17.9. The molecule has 30 heavy (non-hydrogen) atoms. The Hall–Kier alpha value is -3.42. The standard InChI is InChI=1S/C22H27N5O3/c1-14(2)16-6-8-17(9-7-16)22-24-26-27(25-22)13-21(28)23-15(3)19-12-18(29-4)10-11-20(19)30-5/h6-12,14-15H,13H2,1-5H3,(H,23,28)/t15-/m0/s1. The molecule has 0 saturated heterocycles. The van der Waals surface area contributed by atoms with Crippen LogP contribution in [0.1, 0.15) is 43.9 Å².